The number of halogens is 1. The van der Waals surface area contributed by atoms with Crippen LogP contribution < -0.4 is 11.1 Å². The Bertz CT molecular complexity index is 728. The number of carboxylic acid groups (broad SMARTS) is 2. The third-order valence-corrected chi connectivity index (χ3v) is 5.65. The zero-order valence-corrected chi connectivity index (χ0v) is 17.7. The average Bonchev–Trinajstić information content (AvgIpc) is 3.20. The maximum atomic E-state index is 13.1. The van der Waals surface area contributed by atoms with E-state index in [2.05, 4.69) is 5.32 Å². The van der Waals surface area contributed by atoms with E-state index >= 15 is 0 Å². The van der Waals surface area contributed by atoms with Crippen LogP contribution in [0.15, 0.2) is 24.3 Å². The summed E-state index contributed by atoms with van der Waals surface area (Å²) in [5.41, 5.74) is 6.50. The maximum Gasteiger partial charge on any atom is 0.326 e. The molecule has 8 nitrogen and oxygen atoms in total. The Labute approximate surface area is 181 Å². The van der Waals surface area contributed by atoms with Crippen molar-refractivity contribution in [2.45, 2.75) is 63.1 Å². The second-order valence-corrected chi connectivity index (χ2v) is 8.02. The average molecular weight is 440 g/mol. The normalized spacial score (nSPS) is 18.2. The van der Waals surface area contributed by atoms with E-state index in [-0.39, 0.29) is 5.91 Å². The van der Waals surface area contributed by atoms with Gasteiger partial charge in [-0.2, -0.15) is 0 Å². The molecule has 2 rings (SSSR count). The minimum Gasteiger partial charge on any atom is -0.480 e. The van der Waals surface area contributed by atoms with Gasteiger partial charge in [-0.25, -0.2) is 4.79 Å². The third-order valence-electron chi connectivity index (χ3n) is 5.40. The lowest BCUT2D eigenvalue weighted by Crippen LogP contribution is -2.54. The summed E-state index contributed by atoms with van der Waals surface area (Å²) in [6.07, 6.45) is 3.59. The van der Waals surface area contributed by atoms with Gasteiger partial charge in [0.25, 0.3) is 0 Å². The molecule has 166 valence electrons. The van der Waals surface area contributed by atoms with E-state index in [0.29, 0.717) is 63.1 Å². The van der Waals surface area contributed by atoms with Crippen LogP contribution in [0.5, 0.6) is 0 Å². The van der Waals surface area contributed by atoms with E-state index in [4.69, 9.17) is 17.3 Å². The number of carbonyl (C=O) groups excluding carboxylic acids is 1. The van der Waals surface area contributed by atoms with Crippen LogP contribution in [-0.4, -0.2) is 64.2 Å². The fourth-order valence-electron chi connectivity index (χ4n) is 3.74. The zero-order chi connectivity index (χ0) is 22.1. The first-order valence-electron chi connectivity index (χ1n) is 10.3. The molecule has 3 atom stereocenters. The topological polar surface area (TPSA) is 133 Å². The number of carbonyl (C=O) groups is 3. The molecule has 0 bridgehead atoms. The van der Waals surface area contributed by atoms with Crippen LogP contribution in [0, 0.1) is 0 Å². The Kier molecular flexibility index (Phi) is 9.55. The van der Waals surface area contributed by atoms with Crippen LogP contribution in [0.1, 0.15) is 44.1 Å². The van der Waals surface area contributed by atoms with Crippen LogP contribution in [0.2, 0.25) is 5.02 Å². The van der Waals surface area contributed by atoms with E-state index in [9.17, 15) is 24.6 Å². The third kappa shape index (κ3) is 6.97. The highest BCUT2D eigenvalue weighted by atomic mass is 35.5. The van der Waals surface area contributed by atoms with Crippen LogP contribution in [0.4, 0.5) is 0 Å². The Balaban J connectivity index is 2.08. The summed E-state index contributed by atoms with van der Waals surface area (Å²) in [7, 11) is 0. The Morgan fingerprint density at radius 3 is 2.43 bits per heavy atom. The molecule has 1 unspecified atom stereocenters. The van der Waals surface area contributed by atoms with Crippen molar-refractivity contribution in [3.8, 4) is 0 Å². The van der Waals surface area contributed by atoms with Gasteiger partial charge in [-0.15, -0.1) is 0 Å². The van der Waals surface area contributed by atoms with E-state index in [0.717, 1.165) is 5.56 Å². The monoisotopic (exact) mass is 439 g/mol. The predicted octanol–water partition coefficient (Wildman–Crippen LogP) is 1.89. The molecule has 1 aromatic carbocycles. The Hall–Kier alpha value is -2.16. The van der Waals surface area contributed by atoms with Crippen molar-refractivity contribution in [1.29, 1.82) is 0 Å². The number of benzene rings is 1. The van der Waals surface area contributed by atoms with Gasteiger partial charge in [0, 0.05) is 11.6 Å². The van der Waals surface area contributed by atoms with Gasteiger partial charge in [0.2, 0.25) is 5.91 Å². The molecule has 5 N–H and O–H groups in total. The van der Waals surface area contributed by atoms with Crippen molar-refractivity contribution < 1.29 is 24.6 Å². The number of aliphatic carboxylic acids is 2. The number of rotatable bonds is 12. The highest BCUT2D eigenvalue weighted by Gasteiger charge is 2.38. The number of hydrogen-bond donors (Lipinski definition) is 4. The number of hydrogen-bond acceptors (Lipinski definition) is 5. The molecule has 1 fully saturated rings. The van der Waals surface area contributed by atoms with Crippen LogP contribution in [0.3, 0.4) is 0 Å². The standard InChI is InChI=1S/C21H30ClN3O5/c22-15-9-6-14(7-10-15)8-11-17(20(27)28)24-16(4-1-2-12-23)19(26)25-13-3-5-18(25)21(29)30/h6-7,9-10,16-18,24H,1-5,8,11-13,23H2,(H,27,28)(H,29,30)/t16-,17?,18-/m0/s1. The smallest absolute Gasteiger partial charge is 0.326 e. The molecule has 1 aliphatic rings. The fourth-order valence-corrected chi connectivity index (χ4v) is 3.87. The first kappa shape index (κ1) is 24.1. The summed E-state index contributed by atoms with van der Waals surface area (Å²) < 4.78 is 0. The lowest BCUT2D eigenvalue weighted by molar-refractivity contribution is -0.149. The van der Waals surface area contributed by atoms with Crippen LogP contribution >= 0.6 is 11.6 Å². The summed E-state index contributed by atoms with van der Waals surface area (Å²) >= 11 is 5.89. The highest BCUT2D eigenvalue weighted by Crippen LogP contribution is 2.20. The van der Waals surface area contributed by atoms with Gasteiger partial charge < -0.3 is 20.8 Å². The highest BCUT2D eigenvalue weighted by molar-refractivity contribution is 6.30. The molecular weight excluding hydrogens is 410 g/mol. The van der Waals surface area contributed by atoms with E-state index in [1.807, 2.05) is 12.1 Å². The van der Waals surface area contributed by atoms with Gasteiger partial charge >= 0.3 is 11.9 Å². The van der Waals surface area contributed by atoms with Gasteiger partial charge in [0.1, 0.15) is 12.1 Å². The van der Waals surface area contributed by atoms with E-state index < -0.39 is 30.1 Å². The number of likely N-dealkylation sites (tertiary alicyclic amines) is 1. The zero-order valence-electron chi connectivity index (χ0n) is 16.9. The maximum absolute atomic E-state index is 13.1. The molecule has 1 saturated heterocycles. The van der Waals surface area contributed by atoms with Crippen molar-refractivity contribution in [2.24, 2.45) is 5.73 Å². The Morgan fingerprint density at radius 2 is 1.83 bits per heavy atom. The Morgan fingerprint density at radius 1 is 1.13 bits per heavy atom. The first-order valence-corrected chi connectivity index (χ1v) is 10.7. The number of nitrogens with two attached hydrogens (primary N) is 1. The number of nitrogens with one attached hydrogen (secondary N) is 1. The second kappa shape index (κ2) is 11.9. The molecule has 1 heterocycles. The largest absolute Gasteiger partial charge is 0.480 e. The molecule has 0 saturated carbocycles. The molecule has 9 heteroatoms. The lowest BCUT2D eigenvalue weighted by atomic mass is 10.0. The van der Waals surface area contributed by atoms with E-state index in [1.165, 1.54) is 4.90 Å². The minimum absolute atomic E-state index is 0.292. The van der Waals surface area contributed by atoms with Crippen molar-refractivity contribution in [3.05, 3.63) is 34.9 Å². The fraction of sp³-hybridized carbons (Fsp3) is 0.571. The number of carboxylic acids is 2. The summed E-state index contributed by atoms with van der Waals surface area (Å²) in [5.74, 6) is -2.43. The van der Waals surface area contributed by atoms with Crippen molar-refractivity contribution in [3.63, 3.8) is 0 Å². The first-order chi connectivity index (χ1) is 14.3. The minimum atomic E-state index is -1.04. The lowest BCUT2D eigenvalue weighted by Gasteiger charge is -2.29. The van der Waals surface area contributed by atoms with Gasteiger partial charge in [0.15, 0.2) is 0 Å². The quantitative estimate of drug-likeness (QED) is 0.365. The van der Waals surface area contributed by atoms with Crippen LogP contribution in [0.25, 0.3) is 0 Å². The van der Waals surface area contributed by atoms with Gasteiger partial charge in [-0.05, 0) is 62.8 Å². The molecular formula is C21H30ClN3O5. The molecule has 0 aromatic heterocycles. The van der Waals surface area contributed by atoms with Crippen molar-refractivity contribution in [1.82, 2.24) is 10.2 Å². The molecule has 1 amide bonds. The van der Waals surface area contributed by atoms with Crippen molar-refractivity contribution >= 4 is 29.4 Å². The molecule has 30 heavy (non-hydrogen) atoms. The van der Waals surface area contributed by atoms with Gasteiger partial charge in [0.05, 0.1) is 6.04 Å². The van der Waals surface area contributed by atoms with Crippen molar-refractivity contribution in [2.75, 3.05) is 13.1 Å². The predicted molar refractivity (Wildman–Crippen MR) is 113 cm³/mol. The number of unbranched alkanes of at least 4 members (excludes halogenated alkanes) is 1. The van der Waals surface area contributed by atoms with E-state index in [1.54, 1.807) is 12.1 Å². The SMILES string of the molecule is NCCCC[C@H](NC(CCc1ccc(Cl)cc1)C(=O)O)C(=O)N1CCC[C@H]1C(=O)O. The number of nitrogens with zero attached hydrogens (tertiary/aromatic N) is 1. The molecule has 0 aliphatic carbocycles. The molecule has 1 aromatic rings. The molecule has 0 spiro atoms. The summed E-state index contributed by atoms with van der Waals surface area (Å²) in [4.78, 5) is 37.8. The summed E-state index contributed by atoms with van der Waals surface area (Å²) in [5, 5.41) is 22.7. The van der Waals surface area contributed by atoms with Gasteiger partial charge in [-0.1, -0.05) is 30.2 Å². The number of aryl methyl sites for hydroxylation is 1. The summed E-state index contributed by atoms with van der Waals surface area (Å²) in [6.45, 7) is 0.842. The van der Waals surface area contributed by atoms with Gasteiger partial charge in [-0.3, -0.25) is 14.9 Å². The second-order valence-electron chi connectivity index (χ2n) is 7.59. The summed E-state index contributed by atoms with van der Waals surface area (Å²) in [6, 6.07) is 4.63. The van der Waals surface area contributed by atoms with Crippen LogP contribution in [-0.2, 0) is 20.8 Å². The molecule has 0 radical (unpaired) electrons. The number of amides is 1. The molecule has 1 aliphatic heterocycles.